The van der Waals surface area contributed by atoms with Crippen molar-refractivity contribution in [3.8, 4) is 11.1 Å². The summed E-state index contributed by atoms with van der Waals surface area (Å²) in [6.07, 6.45) is 1.76. The largest absolute Gasteiger partial charge is 0.311 e. The summed E-state index contributed by atoms with van der Waals surface area (Å²) < 4.78 is 0. The molecule has 0 saturated heterocycles. The minimum absolute atomic E-state index is 0.868. The average Bonchev–Trinajstić information content (AvgIpc) is 3.07. The summed E-state index contributed by atoms with van der Waals surface area (Å²) in [5, 5.41) is 0. The Kier molecular flexibility index (Phi) is 9.27. The maximum absolute atomic E-state index is 4.12. The van der Waals surface area contributed by atoms with Crippen molar-refractivity contribution in [1.29, 1.82) is 0 Å². The van der Waals surface area contributed by atoms with Crippen LogP contribution in [0.15, 0.2) is 182 Å². The molecule has 0 N–H and O–H groups in total. The van der Waals surface area contributed by atoms with Crippen LogP contribution in [0, 0.1) is 0 Å². The first-order chi connectivity index (χ1) is 22.4. The summed E-state index contributed by atoms with van der Waals surface area (Å²) in [7, 11) is 0. The Bertz CT molecular complexity index is 1900. The quantitative estimate of drug-likeness (QED) is 0.137. The lowest BCUT2D eigenvalue weighted by molar-refractivity contribution is 1.15. The Morgan fingerprint density at radius 3 is 1.22 bits per heavy atom. The standard InChI is InChI=1S/C44H40N2/c1-33(2)30-35-18-24-41(25-19-35)45(39-13-7-5-8-14-39)42-26-20-37(21-27-42)38-22-28-43(29-23-38)46(40-15-9-6-10-16-40)44-17-11-12-36(32-44)31-34(3)4/h5-29,32H,1,3,30-31H2,2,4H3. The summed E-state index contributed by atoms with van der Waals surface area (Å²) in [6, 6.07) is 56.3. The van der Waals surface area contributed by atoms with Gasteiger partial charge in [0.15, 0.2) is 0 Å². The number of hydrogen-bond acceptors (Lipinski definition) is 2. The first kappa shape index (κ1) is 30.4. The molecule has 0 fully saturated rings. The highest BCUT2D eigenvalue weighted by Gasteiger charge is 2.15. The van der Waals surface area contributed by atoms with Crippen LogP contribution in [0.5, 0.6) is 0 Å². The highest BCUT2D eigenvalue weighted by molar-refractivity contribution is 5.80. The molecular formula is C44H40N2. The van der Waals surface area contributed by atoms with E-state index in [-0.39, 0.29) is 0 Å². The van der Waals surface area contributed by atoms with E-state index < -0.39 is 0 Å². The van der Waals surface area contributed by atoms with Gasteiger partial charge in [0.05, 0.1) is 0 Å². The molecule has 0 aliphatic rings. The maximum atomic E-state index is 4.12. The van der Waals surface area contributed by atoms with Crippen LogP contribution in [0.3, 0.4) is 0 Å². The lowest BCUT2D eigenvalue weighted by Gasteiger charge is -2.26. The molecular weight excluding hydrogens is 556 g/mol. The van der Waals surface area contributed by atoms with Gasteiger partial charge in [0.25, 0.3) is 0 Å². The molecule has 6 aromatic carbocycles. The minimum Gasteiger partial charge on any atom is -0.311 e. The molecule has 46 heavy (non-hydrogen) atoms. The molecule has 2 heteroatoms. The molecule has 0 aliphatic carbocycles. The van der Waals surface area contributed by atoms with Gasteiger partial charge in [-0.1, -0.05) is 109 Å². The van der Waals surface area contributed by atoms with Crippen LogP contribution >= 0.6 is 0 Å². The molecule has 0 saturated carbocycles. The van der Waals surface area contributed by atoms with Gasteiger partial charge < -0.3 is 9.80 Å². The number of nitrogens with zero attached hydrogens (tertiary/aromatic N) is 2. The van der Waals surface area contributed by atoms with Crippen LogP contribution < -0.4 is 9.80 Å². The topological polar surface area (TPSA) is 6.48 Å². The molecule has 226 valence electrons. The van der Waals surface area contributed by atoms with Crippen LogP contribution in [0.4, 0.5) is 34.1 Å². The van der Waals surface area contributed by atoms with Crippen LogP contribution in [-0.4, -0.2) is 0 Å². The van der Waals surface area contributed by atoms with Crippen LogP contribution in [0.25, 0.3) is 11.1 Å². The Morgan fingerprint density at radius 1 is 0.391 bits per heavy atom. The second kappa shape index (κ2) is 14.0. The van der Waals surface area contributed by atoms with E-state index in [0.717, 1.165) is 58.1 Å². The van der Waals surface area contributed by atoms with E-state index in [1.807, 2.05) is 0 Å². The van der Waals surface area contributed by atoms with Gasteiger partial charge in [0.2, 0.25) is 0 Å². The second-order valence-electron chi connectivity index (χ2n) is 12.0. The molecule has 2 nitrogen and oxygen atoms in total. The van der Waals surface area contributed by atoms with Gasteiger partial charge >= 0.3 is 0 Å². The molecule has 0 unspecified atom stereocenters. The van der Waals surface area contributed by atoms with Gasteiger partial charge in [0.1, 0.15) is 0 Å². The van der Waals surface area contributed by atoms with E-state index in [4.69, 9.17) is 0 Å². The van der Waals surface area contributed by atoms with Crippen LogP contribution in [0.1, 0.15) is 25.0 Å². The number of para-hydroxylation sites is 2. The van der Waals surface area contributed by atoms with Gasteiger partial charge in [-0.25, -0.2) is 0 Å². The number of allylic oxidation sites excluding steroid dienone is 2. The van der Waals surface area contributed by atoms with Gasteiger partial charge in [0, 0.05) is 34.1 Å². The number of hydrogen-bond donors (Lipinski definition) is 0. The van der Waals surface area contributed by atoms with Gasteiger partial charge in [-0.3, -0.25) is 0 Å². The van der Waals surface area contributed by atoms with Crippen molar-refractivity contribution >= 4 is 34.1 Å². The normalized spacial score (nSPS) is 10.7. The fourth-order valence-corrected chi connectivity index (χ4v) is 5.92. The Balaban J connectivity index is 1.30. The van der Waals surface area contributed by atoms with E-state index in [2.05, 4.69) is 195 Å². The first-order valence-corrected chi connectivity index (χ1v) is 15.8. The van der Waals surface area contributed by atoms with Crippen molar-refractivity contribution < 1.29 is 0 Å². The predicted molar refractivity (Wildman–Crippen MR) is 198 cm³/mol. The third-order valence-corrected chi connectivity index (χ3v) is 7.99. The van der Waals surface area contributed by atoms with Crippen molar-refractivity contribution in [3.05, 3.63) is 193 Å². The van der Waals surface area contributed by atoms with Crippen molar-refractivity contribution in [3.63, 3.8) is 0 Å². The van der Waals surface area contributed by atoms with E-state index >= 15 is 0 Å². The molecule has 6 rings (SSSR count). The van der Waals surface area contributed by atoms with Gasteiger partial charge in [-0.15, -0.1) is 0 Å². The molecule has 0 atom stereocenters. The van der Waals surface area contributed by atoms with Crippen molar-refractivity contribution in [2.45, 2.75) is 26.7 Å². The van der Waals surface area contributed by atoms with E-state index in [1.165, 1.54) is 22.3 Å². The second-order valence-corrected chi connectivity index (χ2v) is 12.0. The summed E-state index contributed by atoms with van der Waals surface area (Å²) >= 11 is 0. The number of benzene rings is 6. The third kappa shape index (κ3) is 7.20. The zero-order valence-electron chi connectivity index (χ0n) is 26.7. The lowest BCUT2D eigenvalue weighted by atomic mass is 10.0. The fraction of sp³-hybridized carbons (Fsp3) is 0.0909. The Morgan fingerprint density at radius 2 is 0.761 bits per heavy atom. The van der Waals surface area contributed by atoms with Crippen molar-refractivity contribution in [2.24, 2.45) is 0 Å². The Hall–Kier alpha value is -5.60. The fourth-order valence-electron chi connectivity index (χ4n) is 5.92. The van der Waals surface area contributed by atoms with Gasteiger partial charge in [-0.05, 0) is 122 Å². The van der Waals surface area contributed by atoms with Crippen LogP contribution in [-0.2, 0) is 12.8 Å². The lowest BCUT2D eigenvalue weighted by Crippen LogP contribution is -2.10. The molecule has 0 aliphatic heterocycles. The predicted octanol–water partition coefficient (Wildman–Crippen LogP) is 12.5. The maximum Gasteiger partial charge on any atom is 0.0464 e. The monoisotopic (exact) mass is 596 g/mol. The molecule has 6 aromatic rings. The first-order valence-electron chi connectivity index (χ1n) is 15.8. The zero-order valence-corrected chi connectivity index (χ0v) is 26.7. The molecule has 0 amide bonds. The Labute approximate surface area is 274 Å². The summed E-state index contributed by atoms with van der Waals surface area (Å²) in [5.41, 5.74) is 13.9. The van der Waals surface area contributed by atoms with Crippen molar-refractivity contribution in [2.75, 3.05) is 9.80 Å². The average molecular weight is 597 g/mol. The molecule has 0 aromatic heterocycles. The molecule has 0 spiro atoms. The number of rotatable bonds is 11. The SMILES string of the molecule is C=C(C)Cc1ccc(N(c2ccccc2)c2ccc(-c3ccc(N(c4ccccc4)c4cccc(CC(=C)C)c4)cc3)cc2)cc1. The number of anilines is 6. The third-order valence-electron chi connectivity index (χ3n) is 7.99. The zero-order chi connectivity index (χ0) is 31.9. The highest BCUT2D eigenvalue weighted by Crippen LogP contribution is 2.38. The summed E-state index contributed by atoms with van der Waals surface area (Å²) in [6.45, 7) is 12.3. The summed E-state index contributed by atoms with van der Waals surface area (Å²) in [5.74, 6) is 0. The van der Waals surface area contributed by atoms with Crippen LogP contribution in [0.2, 0.25) is 0 Å². The smallest absolute Gasteiger partial charge is 0.0464 e. The summed E-state index contributed by atoms with van der Waals surface area (Å²) in [4.78, 5) is 4.62. The minimum atomic E-state index is 0.868. The van der Waals surface area contributed by atoms with E-state index in [9.17, 15) is 0 Å². The highest BCUT2D eigenvalue weighted by atomic mass is 15.1. The molecule has 0 bridgehead atoms. The van der Waals surface area contributed by atoms with Crippen molar-refractivity contribution in [1.82, 2.24) is 0 Å². The van der Waals surface area contributed by atoms with E-state index in [0.29, 0.717) is 0 Å². The van der Waals surface area contributed by atoms with E-state index in [1.54, 1.807) is 0 Å². The molecule has 0 radical (unpaired) electrons. The van der Waals surface area contributed by atoms with Gasteiger partial charge in [-0.2, -0.15) is 0 Å². The molecule has 0 heterocycles.